The Morgan fingerprint density at radius 2 is 1.70 bits per heavy atom. The Labute approximate surface area is 132 Å². The van der Waals surface area contributed by atoms with E-state index in [9.17, 15) is 0 Å². The fourth-order valence-electron chi connectivity index (χ4n) is 3.39. The standard InChI is InChI=1S/C18H28BrN/c1-12(2)17(13(3)4)11-20-15-9-14(10-15)16-7-5-6-8-18(16)19/h5-8,12-15,17,20H,9-11H2,1-4H3. The molecule has 0 saturated heterocycles. The summed E-state index contributed by atoms with van der Waals surface area (Å²) in [4.78, 5) is 0. The predicted molar refractivity (Wildman–Crippen MR) is 91.1 cm³/mol. The van der Waals surface area contributed by atoms with Crippen molar-refractivity contribution in [3.8, 4) is 0 Å². The Balaban J connectivity index is 1.78. The van der Waals surface area contributed by atoms with Crippen LogP contribution >= 0.6 is 15.9 Å². The van der Waals surface area contributed by atoms with Gasteiger partial charge < -0.3 is 5.32 Å². The van der Waals surface area contributed by atoms with Crippen LogP contribution in [0.15, 0.2) is 28.7 Å². The fraction of sp³-hybridized carbons (Fsp3) is 0.667. The highest BCUT2D eigenvalue weighted by Gasteiger charge is 2.31. The van der Waals surface area contributed by atoms with E-state index in [0.717, 1.165) is 23.7 Å². The molecule has 0 unspecified atom stereocenters. The molecule has 112 valence electrons. The number of nitrogens with one attached hydrogen (secondary N) is 1. The Morgan fingerprint density at radius 3 is 2.25 bits per heavy atom. The molecule has 1 aliphatic carbocycles. The summed E-state index contributed by atoms with van der Waals surface area (Å²) in [5.41, 5.74) is 1.48. The third-order valence-corrected chi connectivity index (χ3v) is 5.56. The van der Waals surface area contributed by atoms with E-state index in [0.29, 0.717) is 6.04 Å². The highest BCUT2D eigenvalue weighted by Crippen LogP contribution is 2.40. The molecule has 2 rings (SSSR count). The molecule has 1 nitrogen and oxygen atoms in total. The lowest BCUT2D eigenvalue weighted by molar-refractivity contribution is 0.225. The first kappa shape index (κ1) is 16.0. The summed E-state index contributed by atoms with van der Waals surface area (Å²) in [6, 6.07) is 9.37. The average molecular weight is 338 g/mol. The Morgan fingerprint density at radius 1 is 1.10 bits per heavy atom. The van der Waals surface area contributed by atoms with Crippen LogP contribution in [0.1, 0.15) is 52.0 Å². The van der Waals surface area contributed by atoms with Gasteiger partial charge >= 0.3 is 0 Å². The van der Waals surface area contributed by atoms with Gasteiger partial charge in [0.15, 0.2) is 0 Å². The summed E-state index contributed by atoms with van der Waals surface area (Å²) >= 11 is 3.67. The zero-order chi connectivity index (χ0) is 14.7. The largest absolute Gasteiger partial charge is 0.314 e. The summed E-state index contributed by atoms with van der Waals surface area (Å²) in [6.45, 7) is 10.5. The molecular weight excluding hydrogens is 310 g/mol. The maximum atomic E-state index is 3.79. The number of benzene rings is 1. The van der Waals surface area contributed by atoms with E-state index in [-0.39, 0.29) is 0 Å². The van der Waals surface area contributed by atoms with Crippen molar-refractivity contribution in [2.45, 2.75) is 52.5 Å². The van der Waals surface area contributed by atoms with Gasteiger partial charge in [0, 0.05) is 10.5 Å². The minimum atomic E-state index is 0.715. The highest BCUT2D eigenvalue weighted by atomic mass is 79.9. The van der Waals surface area contributed by atoms with Gasteiger partial charge in [-0.05, 0) is 54.7 Å². The molecule has 0 heterocycles. The predicted octanol–water partition coefficient (Wildman–Crippen LogP) is 5.21. The second kappa shape index (κ2) is 7.09. The Bertz CT molecular complexity index is 413. The third-order valence-electron chi connectivity index (χ3n) is 4.84. The van der Waals surface area contributed by atoms with Crippen molar-refractivity contribution in [2.24, 2.45) is 17.8 Å². The highest BCUT2D eigenvalue weighted by molar-refractivity contribution is 9.10. The van der Waals surface area contributed by atoms with E-state index in [1.165, 1.54) is 29.4 Å². The zero-order valence-electron chi connectivity index (χ0n) is 13.2. The molecule has 0 radical (unpaired) electrons. The first-order valence-corrected chi connectivity index (χ1v) is 8.76. The topological polar surface area (TPSA) is 12.0 Å². The summed E-state index contributed by atoms with van der Waals surface area (Å²) < 4.78 is 1.27. The summed E-state index contributed by atoms with van der Waals surface area (Å²) in [5.74, 6) is 3.06. The Hall–Kier alpha value is -0.340. The monoisotopic (exact) mass is 337 g/mol. The number of hydrogen-bond donors (Lipinski definition) is 1. The van der Waals surface area contributed by atoms with Crippen molar-refractivity contribution < 1.29 is 0 Å². The van der Waals surface area contributed by atoms with E-state index < -0.39 is 0 Å². The van der Waals surface area contributed by atoms with Crippen LogP contribution < -0.4 is 5.32 Å². The lowest BCUT2D eigenvalue weighted by Crippen LogP contribution is -2.43. The molecule has 0 aromatic heterocycles. The molecule has 1 aromatic rings. The van der Waals surface area contributed by atoms with Gasteiger partial charge in [-0.15, -0.1) is 0 Å². The van der Waals surface area contributed by atoms with Crippen molar-refractivity contribution >= 4 is 15.9 Å². The molecule has 0 aliphatic heterocycles. The quantitative estimate of drug-likeness (QED) is 0.750. The van der Waals surface area contributed by atoms with Crippen LogP contribution in [-0.2, 0) is 0 Å². The van der Waals surface area contributed by atoms with Crippen LogP contribution in [0.2, 0.25) is 0 Å². The van der Waals surface area contributed by atoms with E-state index in [1.54, 1.807) is 0 Å². The molecule has 1 saturated carbocycles. The van der Waals surface area contributed by atoms with E-state index >= 15 is 0 Å². The van der Waals surface area contributed by atoms with Crippen LogP contribution in [0.4, 0.5) is 0 Å². The first-order chi connectivity index (χ1) is 9.49. The van der Waals surface area contributed by atoms with Crippen molar-refractivity contribution in [2.75, 3.05) is 6.54 Å². The smallest absolute Gasteiger partial charge is 0.0210 e. The minimum Gasteiger partial charge on any atom is -0.314 e. The van der Waals surface area contributed by atoms with Crippen LogP contribution in [0, 0.1) is 17.8 Å². The normalized spacial score (nSPS) is 22.6. The SMILES string of the molecule is CC(C)C(CNC1CC(c2ccccc2Br)C1)C(C)C. The molecule has 1 N–H and O–H groups in total. The summed E-state index contributed by atoms with van der Waals surface area (Å²) in [7, 11) is 0. The molecule has 0 atom stereocenters. The molecule has 1 aromatic carbocycles. The molecular formula is C18H28BrN. The van der Waals surface area contributed by atoms with Crippen LogP contribution in [-0.4, -0.2) is 12.6 Å². The van der Waals surface area contributed by atoms with Crippen molar-refractivity contribution in [1.82, 2.24) is 5.32 Å². The van der Waals surface area contributed by atoms with Crippen LogP contribution in [0.5, 0.6) is 0 Å². The van der Waals surface area contributed by atoms with Gasteiger partial charge in [0.05, 0.1) is 0 Å². The van der Waals surface area contributed by atoms with E-state index in [2.05, 4.69) is 73.2 Å². The second-order valence-electron chi connectivity index (χ2n) is 6.95. The Kier molecular flexibility index (Phi) is 5.68. The van der Waals surface area contributed by atoms with E-state index in [1.807, 2.05) is 0 Å². The van der Waals surface area contributed by atoms with E-state index in [4.69, 9.17) is 0 Å². The molecule has 20 heavy (non-hydrogen) atoms. The molecule has 2 heteroatoms. The molecule has 0 spiro atoms. The first-order valence-electron chi connectivity index (χ1n) is 7.96. The number of rotatable bonds is 6. The lowest BCUT2D eigenvalue weighted by atomic mass is 9.75. The zero-order valence-corrected chi connectivity index (χ0v) is 14.8. The number of halogens is 1. The maximum absolute atomic E-state index is 3.79. The molecule has 0 amide bonds. The summed E-state index contributed by atoms with van der Waals surface area (Å²) in [6.07, 6.45) is 2.57. The summed E-state index contributed by atoms with van der Waals surface area (Å²) in [5, 5.41) is 3.79. The maximum Gasteiger partial charge on any atom is 0.0210 e. The second-order valence-corrected chi connectivity index (χ2v) is 7.80. The average Bonchev–Trinajstić information content (AvgIpc) is 2.32. The van der Waals surface area contributed by atoms with Gasteiger partial charge in [-0.2, -0.15) is 0 Å². The van der Waals surface area contributed by atoms with Crippen molar-refractivity contribution in [1.29, 1.82) is 0 Å². The van der Waals surface area contributed by atoms with Crippen LogP contribution in [0.25, 0.3) is 0 Å². The third kappa shape index (κ3) is 3.85. The number of hydrogen-bond acceptors (Lipinski definition) is 1. The fourth-order valence-corrected chi connectivity index (χ4v) is 4.00. The molecule has 1 fully saturated rings. The van der Waals surface area contributed by atoms with Gasteiger partial charge in [0.1, 0.15) is 0 Å². The van der Waals surface area contributed by atoms with Crippen molar-refractivity contribution in [3.05, 3.63) is 34.3 Å². The van der Waals surface area contributed by atoms with Gasteiger partial charge in [0.2, 0.25) is 0 Å². The van der Waals surface area contributed by atoms with Gasteiger partial charge in [0.25, 0.3) is 0 Å². The van der Waals surface area contributed by atoms with Gasteiger partial charge in [-0.3, -0.25) is 0 Å². The van der Waals surface area contributed by atoms with Crippen LogP contribution in [0.3, 0.4) is 0 Å². The molecule has 1 aliphatic rings. The minimum absolute atomic E-state index is 0.715. The van der Waals surface area contributed by atoms with Gasteiger partial charge in [-0.1, -0.05) is 61.8 Å². The van der Waals surface area contributed by atoms with Crippen molar-refractivity contribution in [3.63, 3.8) is 0 Å². The molecule has 0 bridgehead atoms. The lowest BCUT2D eigenvalue weighted by Gasteiger charge is -2.38. The van der Waals surface area contributed by atoms with Gasteiger partial charge in [-0.25, -0.2) is 0 Å².